The summed E-state index contributed by atoms with van der Waals surface area (Å²) in [7, 11) is 0. The first kappa shape index (κ1) is 19.1. The van der Waals surface area contributed by atoms with Crippen molar-refractivity contribution in [1.82, 2.24) is 0 Å². The van der Waals surface area contributed by atoms with Crippen molar-refractivity contribution in [2.24, 2.45) is 0 Å². The Morgan fingerprint density at radius 3 is 2.48 bits per heavy atom. The van der Waals surface area contributed by atoms with Crippen LogP contribution in [0.25, 0.3) is 0 Å². The minimum Gasteiger partial charge on any atom is -0.322 e. The van der Waals surface area contributed by atoms with Crippen LogP contribution in [0.4, 0.5) is 20.2 Å². The minimum atomic E-state index is -0.482. The molecule has 4 nitrogen and oxygen atoms in total. The predicted molar refractivity (Wildman–Crippen MR) is 110 cm³/mol. The number of nitrogens with one attached hydrogen (secondary N) is 1. The lowest BCUT2D eigenvalue weighted by Crippen LogP contribution is -2.28. The Bertz CT molecular complexity index is 1070. The molecule has 0 aliphatic carbocycles. The summed E-state index contributed by atoms with van der Waals surface area (Å²) < 4.78 is 27.5. The molecule has 3 aromatic carbocycles. The maximum atomic E-state index is 14.2. The van der Waals surface area contributed by atoms with E-state index in [2.05, 4.69) is 5.32 Å². The molecule has 1 N–H and O–H groups in total. The number of hydrogen-bond donors (Lipinski definition) is 1. The van der Waals surface area contributed by atoms with Crippen LogP contribution in [-0.2, 0) is 4.79 Å². The van der Waals surface area contributed by atoms with E-state index >= 15 is 0 Å². The number of nitrogens with zero attached hydrogens (tertiary/aromatic N) is 1. The summed E-state index contributed by atoms with van der Waals surface area (Å²) in [5.41, 5.74) is 1.82. The third-order valence-electron chi connectivity index (χ3n) is 4.52. The lowest BCUT2D eigenvalue weighted by molar-refractivity contribution is -0.115. The summed E-state index contributed by atoms with van der Waals surface area (Å²) in [6, 6.07) is 18.6. The van der Waals surface area contributed by atoms with E-state index in [-0.39, 0.29) is 28.3 Å². The van der Waals surface area contributed by atoms with Gasteiger partial charge in [-0.3, -0.25) is 14.5 Å². The van der Waals surface area contributed by atoms with E-state index in [4.69, 9.17) is 0 Å². The molecule has 3 aromatic rings. The third-order valence-corrected chi connectivity index (χ3v) is 5.73. The molecule has 4 rings (SSSR count). The topological polar surface area (TPSA) is 49.4 Å². The quantitative estimate of drug-likeness (QED) is 0.659. The van der Waals surface area contributed by atoms with Crippen molar-refractivity contribution in [3.05, 3.63) is 95.6 Å². The van der Waals surface area contributed by atoms with Gasteiger partial charge in [0.05, 0.1) is 11.4 Å². The largest absolute Gasteiger partial charge is 0.322 e. The van der Waals surface area contributed by atoms with E-state index in [1.807, 2.05) is 0 Å². The maximum absolute atomic E-state index is 14.2. The lowest BCUT2D eigenvalue weighted by atomic mass is 10.1. The first-order valence-electron chi connectivity index (χ1n) is 8.88. The van der Waals surface area contributed by atoms with Crippen molar-refractivity contribution in [2.75, 3.05) is 16.0 Å². The van der Waals surface area contributed by atoms with Crippen LogP contribution in [0.1, 0.15) is 21.3 Å². The molecular formula is C22H16F2N2O2S. The van der Waals surface area contributed by atoms with Crippen molar-refractivity contribution in [2.45, 2.75) is 5.37 Å². The number of hydrogen-bond acceptors (Lipinski definition) is 3. The van der Waals surface area contributed by atoms with Crippen molar-refractivity contribution in [1.29, 1.82) is 0 Å². The van der Waals surface area contributed by atoms with Crippen LogP contribution in [0.5, 0.6) is 0 Å². The number of rotatable bonds is 4. The molecule has 1 aliphatic heterocycles. The van der Waals surface area contributed by atoms with Crippen LogP contribution >= 0.6 is 11.8 Å². The second-order valence-corrected chi connectivity index (χ2v) is 7.53. The zero-order valence-corrected chi connectivity index (χ0v) is 16.0. The van der Waals surface area contributed by atoms with E-state index in [1.165, 1.54) is 40.9 Å². The fourth-order valence-electron chi connectivity index (χ4n) is 3.14. The summed E-state index contributed by atoms with van der Waals surface area (Å²) in [4.78, 5) is 26.1. The molecule has 0 saturated carbocycles. The van der Waals surface area contributed by atoms with Gasteiger partial charge in [0.15, 0.2) is 0 Å². The Morgan fingerprint density at radius 1 is 1.00 bits per heavy atom. The molecule has 1 fully saturated rings. The van der Waals surface area contributed by atoms with Gasteiger partial charge < -0.3 is 5.32 Å². The van der Waals surface area contributed by atoms with Gasteiger partial charge in [-0.15, -0.1) is 11.8 Å². The van der Waals surface area contributed by atoms with Gasteiger partial charge in [0.25, 0.3) is 5.91 Å². The summed E-state index contributed by atoms with van der Waals surface area (Å²) in [5.74, 6) is -1.25. The van der Waals surface area contributed by atoms with E-state index in [1.54, 1.807) is 42.5 Å². The molecule has 0 bridgehead atoms. The Hall–Kier alpha value is -3.19. The molecule has 1 saturated heterocycles. The number of amides is 2. The van der Waals surface area contributed by atoms with Crippen molar-refractivity contribution in [3.63, 3.8) is 0 Å². The molecule has 1 aliphatic rings. The summed E-state index contributed by atoms with van der Waals surface area (Å²) in [6.45, 7) is 0. The number of benzene rings is 3. The number of thioether (sulfide) groups is 1. The van der Waals surface area contributed by atoms with Crippen LogP contribution in [0.3, 0.4) is 0 Å². The van der Waals surface area contributed by atoms with E-state index in [9.17, 15) is 18.4 Å². The minimum absolute atomic E-state index is 0.159. The van der Waals surface area contributed by atoms with Gasteiger partial charge in [-0.1, -0.05) is 30.3 Å². The number of anilines is 2. The summed E-state index contributed by atoms with van der Waals surface area (Å²) in [6.07, 6.45) is 0. The molecule has 0 radical (unpaired) electrons. The van der Waals surface area contributed by atoms with Gasteiger partial charge >= 0.3 is 0 Å². The molecule has 1 unspecified atom stereocenters. The second kappa shape index (κ2) is 8.05. The van der Waals surface area contributed by atoms with Gasteiger partial charge in [-0.05, 0) is 48.0 Å². The average Bonchev–Trinajstić information content (AvgIpc) is 3.10. The predicted octanol–water partition coefficient (Wildman–Crippen LogP) is 5.00. The van der Waals surface area contributed by atoms with Gasteiger partial charge in [-0.2, -0.15) is 0 Å². The molecule has 7 heteroatoms. The highest BCUT2D eigenvalue weighted by atomic mass is 32.2. The molecule has 29 heavy (non-hydrogen) atoms. The van der Waals surface area contributed by atoms with E-state index < -0.39 is 17.5 Å². The Morgan fingerprint density at radius 2 is 1.76 bits per heavy atom. The van der Waals surface area contributed by atoms with Crippen molar-refractivity contribution in [3.8, 4) is 0 Å². The molecular weight excluding hydrogens is 394 g/mol. The highest BCUT2D eigenvalue weighted by Crippen LogP contribution is 2.42. The fourth-order valence-corrected chi connectivity index (χ4v) is 4.31. The highest BCUT2D eigenvalue weighted by molar-refractivity contribution is 8.00. The number of halogens is 2. The van der Waals surface area contributed by atoms with Crippen LogP contribution in [0.2, 0.25) is 0 Å². The molecule has 146 valence electrons. The number of carbonyl (C=O) groups is 2. The number of para-hydroxylation sites is 1. The van der Waals surface area contributed by atoms with Crippen molar-refractivity contribution < 1.29 is 18.4 Å². The molecule has 2 amide bonds. The summed E-state index contributed by atoms with van der Waals surface area (Å²) >= 11 is 1.41. The molecule has 1 atom stereocenters. The number of carbonyl (C=O) groups excluding carboxylic acids is 2. The maximum Gasteiger partial charge on any atom is 0.255 e. The smallest absolute Gasteiger partial charge is 0.255 e. The first-order chi connectivity index (χ1) is 14.0. The van der Waals surface area contributed by atoms with E-state index in [0.717, 1.165) is 11.6 Å². The monoisotopic (exact) mass is 410 g/mol. The summed E-state index contributed by atoms with van der Waals surface area (Å²) in [5, 5.41) is 2.36. The van der Waals surface area contributed by atoms with Crippen molar-refractivity contribution >= 4 is 35.0 Å². The fraction of sp³-hybridized carbons (Fsp3) is 0.0909. The standard InChI is InChI=1S/C22H16F2N2O2S/c23-16-5-3-4-15(12-16)21(28)25-17-10-8-14(9-11-17)22-26(20(27)13-29-22)19-7-2-1-6-18(19)24/h1-12,22H,13H2,(H,25,28). The first-order valence-corrected chi connectivity index (χ1v) is 9.93. The molecule has 0 spiro atoms. The van der Waals surface area contributed by atoms with Gasteiger partial charge in [0, 0.05) is 11.3 Å². The van der Waals surface area contributed by atoms with Crippen LogP contribution in [-0.4, -0.2) is 17.6 Å². The highest BCUT2D eigenvalue weighted by Gasteiger charge is 2.35. The van der Waals surface area contributed by atoms with Gasteiger partial charge in [0.1, 0.15) is 17.0 Å². The third kappa shape index (κ3) is 4.00. The molecule has 0 aromatic heterocycles. The zero-order chi connectivity index (χ0) is 20.4. The van der Waals surface area contributed by atoms with Crippen LogP contribution in [0.15, 0.2) is 72.8 Å². The second-order valence-electron chi connectivity index (χ2n) is 6.46. The van der Waals surface area contributed by atoms with Gasteiger partial charge in [0.2, 0.25) is 5.91 Å². The van der Waals surface area contributed by atoms with Crippen LogP contribution < -0.4 is 10.2 Å². The Labute approximate surface area is 170 Å². The zero-order valence-electron chi connectivity index (χ0n) is 15.1. The normalized spacial score (nSPS) is 16.1. The van der Waals surface area contributed by atoms with Crippen LogP contribution in [0, 0.1) is 11.6 Å². The Balaban J connectivity index is 1.53. The molecule has 1 heterocycles. The average molecular weight is 410 g/mol. The SMILES string of the molecule is O=C(Nc1ccc(C2SCC(=O)N2c2ccccc2F)cc1)c1cccc(F)c1. The Kier molecular flexibility index (Phi) is 5.31. The lowest BCUT2D eigenvalue weighted by Gasteiger charge is -2.24. The van der Waals surface area contributed by atoms with Gasteiger partial charge in [-0.25, -0.2) is 8.78 Å². The van der Waals surface area contributed by atoms with E-state index in [0.29, 0.717) is 5.69 Å².